The van der Waals surface area contributed by atoms with Crippen LogP contribution in [-0.4, -0.2) is 4.92 Å². The summed E-state index contributed by atoms with van der Waals surface area (Å²) in [5.74, 6) is 0.568. The van der Waals surface area contributed by atoms with Gasteiger partial charge in [0.05, 0.1) is 10.6 Å². The molecule has 3 aromatic carbocycles. The van der Waals surface area contributed by atoms with E-state index >= 15 is 0 Å². The summed E-state index contributed by atoms with van der Waals surface area (Å²) in [5, 5.41) is 11.2. The Hall–Kier alpha value is -3.54. The molecule has 0 aromatic heterocycles. The molecule has 3 aromatic rings. The number of para-hydroxylation sites is 1. The maximum atomic E-state index is 11.2. The molecule has 126 valence electrons. The average Bonchev–Trinajstić information content (AvgIpc) is 2.66. The topological polar surface area (TPSA) is 73.6 Å². The highest BCUT2D eigenvalue weighted by molar-refractivity contribution is 5.51. The molecule has 0 unspecified atom stereocenters. The summed E-state index contributed by atoms with van der Waals surface area (Å²) in [5.41, 5.74) is 4.37. The van der Waals surface area contributed by atoms with Crippen LogP contribution in [0, 0.1) is 10.1 Å². The largest absolute Gasteiger partial charge is 0.482 e. The molecule has 0 saturated heterocycles. The molecule has 0 atom stereocenters. The van der Waals surface area contributed by atoms with Crippen LogP contribution in [0.2, 0.25) is 0 Å². The van der Waals surface area contributed by atoms with Crippen LogP contribution in [-0.2, 0) is 6.61 Å². The molecule has 0 amide bonds. The third-order valence-corrected chi connectivity index (χ3v) is 3.43. The molecule has 6 heteroatoms. The van der Waals surface area contributed by atoms with Crippen LogP contribution < -0.4 is 15.1 Å². The lowest BCUT2D eigenvalue weighted by Crippen LogP contribution is -2.05. The Kier molecular flexibility index (Phi) is 5.11. The first-order valence-electron chi connectivity index (χ1n) is 7.65. The van der Waals surface area contributed by atoms with Crippen molar-refractivity contribution < 1.29 is 14.5 Å². The number of hydrogen-bond acceptors (Lipinski definition) is 5. The molecule has 0 saturated carbocycles. The summed E-state index contributed by atoms with van der Waals surface area (Å²) >= 11 is 0. The van der Waals surface area contributed by atoms with Crippen molar-refractivity contribution in [3.05, 3.63) is 94.5 Å². The maximum Gasteiger partial charge on any atom is 0.311 e. The van der Waals surface area contributed by atoms with Gasteiger partial charge in [0.2, 0.25) is 5.75 Å². The van der Waals surface area contributed by atoms with Gasteiger partial charge < -0.3 is 9.57 Å². The van der Waals surface area contributed by atoms with Crippen LogP contribution in [0.4, 0.5) is 11.4 Å². The standard InChI is InChI=1S/C19H16N2O4/c22-21(23)18-12-11-17(25-20-16-9-5-2-6-10-16)13-19(18)24-14-15-7-3-1-4-8-15/h1-13,20H,14H2. The molecule has 0 aliphatic carbocycles. The SMILES string of the molecule is O=[N+]([O-])c1ccc(ONc2ccccc2)cc1OCc1ccccc1. The molecule has 0 heterocycles. The van der Waals surface area contributed by atoms with Crippen LogP contribution in [0.15, 0.2) is 78.9 Å². The van der Waals surface area contributed by atoms with Crippen molar-refractivity contribution in [1.82, 2.24) is 0 Å². The van der Waals surface area contributed by atoms with Crippen molar-refractivity contribution in [3.8, 4) is 11.5 Å². The highest BCUT2D eigenvalue weighted by Gasteiger charge is 2.16. The van der Waals surface area contributed by atoms with Gasteiger partial charge in [-0.3, -0.25) is 10.1 Å². The number of rotatable bonds is 7. The molecule has 6 nitrogen and oxygen atoms in total. The minimum Gasteiger partial charge on any atom is -0.482 e. The molecule has 1 N–H and O–H groups in total. The van der Waals surface area contributed by atoms with E-state index in [1.165, 1.54) is 18.2 Å². The number of anilines is 1. The Labute approximate surface area is 144 Å². The van der Waals surface area contributed by atoms with Crippen molar-refractivity contribution >= 4 is 11.4 Å². The Morgan fingerprint density at radius 1 is 0.920 bits per heavy atom. The molecule has 3 rings (SSSR count). The summed E-state index contributed by atoms with van der Waals surface area (Å²) in [7, 11) is 0. The van der Waals surface area contributed by atoms with E-state index in [1.54, 1.807) is 0 Å². The van der Waals surface area contributed by atoms with Crippen LogP contribution >= 0.6 is 0 Å². The predicted octanol–water partition coefficient (Wildman–Crippen LogP) is 4.58. The number of nitro benzene ring substituents is 1. The molecule has 0 aliphatic rings. The first-order valence-corrected chi connectivity index (χ1v) is 7.65. The fourth-order valence-corrected chi connectivity index (χ4v) is 2.18. The number of hydrogen-bond donors (Lipinski definition) is 1. The molecule has 25 heavy (non-hydrogen) atoms. The first kappa shape index (κ1) is 16.3. The summed E-state index contributed by atoms with van der Waals surface area (Å²) in [6, 6.07) is 23.2. The molecular formula is C19H16N2O4. The van der Waals surface area contributed by atoms with Gasteiger partial charge in [0.25, 0.3) is 0 Å². The van der Waals surface area contributed by atoms with E-state index in [0.717, 1.165) is 11.3 Å². The second kappa shape index (κ2) is 7.83. The Morgan fingerprint density at radius 3 is 2.28 bits per heavy atom. The fraction of sp³-hybridized carbons (Fsp3) is 0.0526. The van der Waals surface area contributed by atoms with Crippen LogP contribution in [0.3, 0.4) is 0 Å². The molecule has 0 bridgehead atoms. The summed E-state index contributed by atoms with van der Waals surface area (Å²) < 4.78 is 5.63. The van der Waals surface area contributed by atoms with Crippen LogP contribution in [0.25, 0.3) is 0 Å². The van der Waals surface area contributed by atoms with E-state index in [-0.39, 0.29) is 18.0 Å². The van der Waals surface area contributed by atoms with Crippen molar-refractivity contribution in [2.24, 2.45) is 0 Å². The van der Waals surface area contributed by atoms with Gasteiger partial charge in [0.15, 0.2) is 5.75 Å². The second-order valence-corrected chi connectivity index (χ2v) is 5.23. The molecule has 0 fully saturated rings. The third kappa shape index (κ3) is 4.48. The number of nitrogens with one attached hydrogen (secondary N) is 1. The van der Waals surface area contributed by atoms with Crippen molar-refractivity contribution in [3.63, 3.8) is 0 Å². The minimum atomic E-state index is -0.477. The quantitative estimate of drug-likeness (QED) is 0.505. The van der Waals surface area contributed by atoms with Gasteiger partial charge in [-0.15, -0.1) is 0 Å². The van der Waals surface area contributed by atoms with Crippen molar-refractivity contribution in [2.75, 3.05) is 5.48 Å². The number of nitrogens with zero attached hydrogens (tertiary/aromatic N) is 1. The third-order valence-electron chi connectivity index (χ3n) is 3.43. The Bertz CT molecular complexity index is 839. The fourth-order valence-electron chi connectivity index (χ4n) is 2.18. The van der Waals surface area contributed by atoms with Gasteiger partial charge in [-0.2, -0.15) is 0 Å². The van der Waals surface area contributed by atoms with E-state index in [2.05, 4.69) is 5.48 Å². The van der Waals surface area contributed by atoms with E-state index in [0.29, 0.717) is 5.75 Å². The average molecular weight is 336 g/mol. The van der Waals surface area contributed by atoms with Gasteiger partial charge in [-0.25, -0.2) is 5.48 Å². The smallest absolute Gasteiger partial charge is 0.311 e. The van der Waals surface area contributed by atoms with Gasteiger partial charge >= 0.3 is 5.69 Å². The summed E-state index contributed by atoms with van der Waals surface area (Å²) in [6.07, 6.45) is 0. The van der Waals surface area contributed by atoms with Crippen LogP contribution in [0.1, 0.15) is 5.56 Å². The number of benzene rings is 3. The highest BCUT2D eigenvalue weighted by atomic mass is 16.6. The number of nitro groups is 1. The molecule has 0 spiro atoms. The van der Waals surface area contributed by atoms with E-state index in [9.17, 15) is 10.1 Å². The zero-order valence-corrected chi connectivity index (χ0v) is 13.3. The summed E-state index contributed by atoms with van der Waals surface area (Å²) in [6.45, 7) is 0.233. The normalized spacial score (nSPS) is 10.1. The second-order valence-electron chi connectivity index (χ2n) is 5.23. The lowest BCUT2D eigenvalue weighted by molar-refractivity contribution is -0.386. The van der Waals surface area contributed by atoms with Gasteiger partial charge in [0, 0.05) is 12.1 Å². The lowest BCUT2D eigenvalue weighted by atomic mass is 10.2. The Morgan fingerprint density at radius 2 is 1.60 bits per heavy atom. The highest BCUT2D eigenvalue weighted by Crippen LogP contribution is 2.32. The number of ether oxygens (including phenoxy) is 1. The predicted molar refractivity (Wildman–Crippen MR) is 94.6 cm³/mol. The van der Waals surface area contributed by atoms with Gasteiger partial charge in [-0.05, 0) is 23.8 Å². The van der Waals surface area contributed by atoms with E-state index in [1.807, 2.05) is 60.7 Å². The monoisotopic (exact) mass is 336 g/mol. The zero-order chi connectivity index (χ0) is 17.5. The molecule has 0 aliphatic heterocycles. The Balaban J connectivity index is 1.73. The van der Waals surface area contributed by atoms with E-state index in [4.69, 9.17) is 9.57 Å². The van der Waals surface area contributed by atoms with Crippen molar-refractivity contribution in [2.45, 2.75) is 6.61 Å². The first-order chi connectivity index (χ1) is 12.2. The van der Waals surface area contributed by atoms with E-state index < -0.39 is 4.92 Å². The minimum absolute atomic E-state index is 0.108. The summed E-state index contributed by atoms with van der Waals surface area (Å²) in [4.78, 5) is 16.2. The molecule has 0 radical (unpaired) electrons. The lowest BCUT2D eigenvalue weighted by Gasteiger charge is -2.11. The maximum absolute atomic E-state index is 11.2. The zero-order valence-electron chi connectivity index (χ0n) is 13.3. The van der Waals surface area contributed by atoms with Crippen LogP contribution in [0.5, 0.6) is 11.5 Å². The van der Waals surface area contributed by atoms with Gasteiger partial charge in [0.1, 0.15) is 6.61 Å². The molecular weight excluding hydrogens is 320 g/mol. The van der Waals surface area contributed by atoms with Crippen molar-refractivity contribution in [1.29, 1.82) is 0 Å². The van der Waals surface area contributed by atoms with Gasteiger partial charge in [-0.1, -0.05) is 48.5 Å².